The Labute approximate surface area is 201 Å². The first-order chi connectivity index (χ1) is 16.6. The number of aromatic nitrogens is 1. The van der Waals surface area contributed by atoms with Gasteiger partial charge in [-0.2, -0.15) is 0 Å². The highest BCUT2D eigenvalue weighted by atomic mass is 32.1. The number of likely N-dealkylation sites (tertiary alicyclic amines) is 1. The first kappa shape index (κ1) is 22.1. The van der Waals surface area contributed by atoms with Gasteiger partial charge >= 0.3 is 6.09 Å². The first-order valence-corrected chi connectivity index (χ1v) is 12.2. The van der Waals surface area contributed by atoms with Gasteiger partial charge in [-0.15, -0.1) is 11.3 Å². The maximum absolute atomic E-state index is 12.9. The van der Waals surface area contributed by atoms with Gasteiger partial charge in [0.2, 0.25) is 5.91 Å². The third kappa shape index (κ3) is 5.09. The number of amides is 3. The summed E-state index contributed by atoms with van der Waals surface area (Å²) in [5, 5.41) is 8.11. The summed E-state index contributed by atoms with van der Waals surface area (Å²) in [4.78, 5) is 43.6. The van der Waals surface area contributed by atoms with Crippen LogP contribution in [0.5, 0.6) is 5.75 Å². The Morgan fingerprint density at radius 1 is 1.00 bits per heavy atom. The van der Waals surface area contributed by atoms with E-state index in [4.69, 9.17) is 4.74 Å². The molecule has 1 aliphatic heterocycles. The van der Waals surface area contributed by atoms with E-state index in [-0.39, 0.29) is 11.8 Å². The lowest BCUT2D eigenvalue weighted by Crippen LogP contribution is -2.44. The molecule has 1 atom stereocenters. The molecule has 1 saturated heterocycles. The molecule has 0 radical (unpaired) electrons. The number of carbonyl (C=O) groups is 3. The topological polar surface area (TPSA) is 101 Å². The number of ether oxygens (including phenoxy) is 1. The van der Waals surface area contributed by atoms with Crippen LogP contribution in [0, 0.1) is 0 Å². The summed E-state index contributed by atoms with van der Waals surface area (Å²) in [6, 6.07) is 15.8. The average Bonchev–Trinajstić information content (AvgIpc) is 3.32. The summed E-state index contributed by atoms with van der Waals surface area (Å²) >= 11 is 1.31. The number of nitrogens with zero attached hydrogens (tertiary/aromatic N) is 2. The summed E-state index contributed by atoms with van der Waals surface area (Å²) in [6.45, 7) is 0.466. The number of hydrogen-bond donors (Lipinski definition) is 2. The van der Waals surface area contributed by atoms with Gasteiger partial charge in [0.15, 0.2) is 5.13 Å². The third-order valence-electron chi connectivity index (χ3n) is 5.83. The number of carbonyl (C=O) groups excluding carboxylic acids is 3. The van der Waals surface area contributed by atoms with Gasteiger partial charge in [-0.1, -0.05) is 30.3 Å². The van der Waals surface area contributed by atoms with Crippen LogP contribution in [0.2, 0.25) is 0 Å². The van der Waals surface area contributed by atoms with E-state index in [1.54, 1.807) is 36.4 Å². The second-order valence-electron chi connectivity index (χ2n) is 8.38. The number of anilines is 1. The number of nitrogens with one attached hydrogen (secondary N) is 2. The maximum atomic E-state index is 12.9. The Balaban J connectivity index is 1.20. The molecule has 2 N–H and O–H groups in total. The molecule has 0 bridgehead atoms. The Kier molecular flexibility index (Phi) is 6.27. The molecule has 1 aliphatic carbocycles. The fourth-order valence-corrected chi connectivity index (χ4v) is 4.57. The molecule has 1 aromatic heterocycles. The van der Waals surface area contributed by atoms with Crippen LogP contribution in [0.3, 0.4) is 0 Å². The van der Waals surface area contributed by atoms with Crippen LogP contribution in [-0.2, 0) is 4.79 Å². The van der Waals surface area contributed by atoms with E-state index in [0.717, 1.165) is 24.8 Å². The van der Waals surface area contributed by atoms with E-state index in [1.807, 2.05) is 23.6 Å². The highest BCUT2D eigenvalue weighted by Gasteiger charge is 2.35. The van der Waals surface area contributed by atoms with Crippen LogP contribution >= 0.6 is 11.3 Å². The van der Waals surface area contributed by atoms with Crippen molar-refractivity contribution < 1.29 is 19.1 Å². The minimum Gasteiger partial charge on any atom is -0.410 e. The molecule has 0 spiro atoms. The molecule has 8 nitrogen and oxygen atoms in total. The predicted molar refractivity (Wildman–Crippen MR) is 129 cm³/mol. The SMILES string of the molecule is O=C(NC1CC1)c1ccc(-c2csc(NC(=O)C3CCCN3C(=O)Oc3ccccc3)n2)cc1. The van der Waals surface area contributed by atoms with Crippen molar-refractivity contribution >= 4 is 34.4 Å². The van der Waals surface area contributed by atoms with Crippen molar-refractivity contribution in [3.05, 3.63) is 65.5 Å². The van der Waals surface area contributed by atoms with Gasteiger partial charge in [-0.3, -0.25) is 14.5 Å². The van der Waals surface area contributed by atoms with Gasteiger partial charge < -0.3 is 15.4 Å². The van der Waals surface area contributed by atoms with Crippen molar-refractivity contribution in [1.29, 1.82) is 0 Å². The van der Waals surface area contributed by atoms with Crippen LogP contribution in [0.15, 0.2) is 60.0 Å². The zero-order chi connectivity index (χ0) is 23.5. The molecule has 1 unspecified atom stereocenters. The fraction of sp³-hybridized carbons (Fsp3) is 0.280. The lowest BCUT2D eigenvalue weighted by atomic mass is 10.1. The van der Waals surface area contributed by atoms with Gasteiger partial charge in [-0.05, 0) is 49.9 Å². The van der Waals surface area contributed by atoms with Crippen molar-refractivity contribution in [3.63, 3.8) is 0 Å². The van der Waals surface area contributed by atoms with Gasteiger partial charge in [0.25, 0.3) is 5.91 Å². The lowest BCUT2D eigenvalue weighted by molar-refractivity contribution is -0.119. The zero-order valence-corrected chi connectivity index (χ0v) is 19.2. The molecule has 2 aliphatic rings. The summed E-state index contributed by atoms with van der Waals surface area (Å²) < 4.78 is 5.41. The largest absolute Gasteiger partial charge is 0.415 e. The van der Waals surface area contributed by atoms with Gasteiger partial charge in [0.05, 0.1) is 5.69 Å². The molecule has 3 amide bonds. The van der Waals surface area contributed by atoms with Crippen molar-refractivity contribution in [2.45, 2.75) is 37.8 Å². The first-order valence-electron chi connectivity index (χ1n) is 11.3. The zero-order valence-electron chi connectivity index (χ0n) is 18.4. The average molecular weight is 477 g/mol. The van der Waals surface area contributed by atoms with Crippen LogP contribution in [0.1, 0.15) is 36.0 Å². The van der Waals surface area contributed by atoms with Crippen molar-refractivity contribution in [3.8, 4) is 17.0 Å². The Bertz CT molecular complexity index is 1190. The highest BCUT2D eigenvalue weighted by Crippen LogP contribution is 2.27. The molecular weight excluding hydrogens is 452 g/mol. The van der Waals surface area contributed by atoms with Crippen LogP contribution in [-0.4, -0.2) is 46.4 Å². The van der Waals surface area contributed by atoms with E-state index in [9.17, 15) is 14.4 Å². The number of benzene rings is 2. The molecule has 2 heterocycles. The third-order valence-corrected chi connectivity index (χ3v) is 6.59. The summed E-state index contributed by atoms with van der Waals surface area (Å²) in [6.07, 6.45) is 2.85. The molecule has 2 aromatic carbocycles. The molecule has 174 valence electrons. The molecule has 9 heteroatoms. The molecule has 3 aromatic rings. The Morgan fingerprint density at radius 2 is 1.76 bits per heavy atom. The van der Waals surface area contributed by atoms with E-state index in [2.05, 4.69) is 15.6 Å². The van der Waals surface area contributed by atoms with Crippen LogP contribution in [0.25, 0.3) is 11.3 Å². The van der Waals surface area contributed by atoms with E-state index in [0.29, 0.717) is 41.1 Å². The fourth-order valence-electron chi connectivity index (χ4n) is 3.85. The molecular formula is C25H24N4O4S. The van der Waals surface area contributed by atoms with E-state index in [1.165, 1.54) is 16.2 Å². The molecule has 1 saturated carbocycles. The molecule has 34 heavy (non-hydrogen) atoms. The van der Waals surface area contributed by atoms with Crippen molar-refractivity contribution in [1.82, 2.24) is 15.2 Å². The minimum atomic E-state index is -0.604. The quantitative estimate of drug-likeness (QED) is 0.552. The highest BCUT2D eigenvalue weighted by molar-refractivity contribution is 7.14. The Hall–Kier alpha value is -3.72. The standard InChI is InChI=1S/C25H24N4O4S/c30-22(26-18-12-13-18)17-10-8-16(9-11-17)20-15-34-24(27-20)28-23(31)21-7-4-14-29(21)25(32)33-19-5-2-1-3-6-19/h1-3,5-6,8-11,15,18,21H,4,7,12-14H2,(H,26,30)(H,27,28,31). The van der Waals surface area contributed by atoms with E-state index >= 15 is 0 Å². The molecule has 5 rings (SSSR count). The monoisotopic (exact) mass is 476 g/mol. The van der Waals surface area contributed by atoms with Gasteiger partial charge in [0.1, 0.15) is 11.8 Å². The van der Waals surface area contributed by atoms with Gasteiger partial charge in [-0.25, -0.2) is 9.78 Å². The summed E-state index contributed by atoms with van der Waals surface area (Å²) in [7, 11) is 0. The molecule has 2 fully saturated rings. The predicted octanol–water partition coefficient (Wildman–Crippen LogP) is 4.30. The van der Waals surface area contributed by atoms with Crippen LogP contribution in [0.4, 0.5) is 9.93 Å². The second-order valence-corrected chi connectivity index (χ2v) is 9.24. The van der Waals surface area contributed by atoms with Crippen LogP contribution < -0.4 is 15.4 Å². The number of hydrogen-bond acceptors (Lipinski definition) is 6. The number of rotatable bonds is 6. The van der Waals surface area contributed by atoms with Gasteiger partial charge in [0, 0.05) is 29.1 Å². The van der Waals surface area contributed by atoms with Crippen molar-refractivity contribution in [2.75, 3.05) is 11.9 Å². The second kappa shape index (κ2) is 9.64. The van der Waals surface area contributed by atoms with Crippen molar-refractivity contribution in [2.24, 2.45) is 0 Å². The van der Waals surface area contributed by atoms with E-state index < -0.39 is 12.1 Å². The maximum Gasteiger partial charge on any atom is 0.415 e. The number of thiazole rings is 1. The smallest absolute Gasteiger partial charge is 0.410 e. The Morgan fingerprint density at radius 3 is 2.50 bits per heavy atom. The normalized spacial score (nSPS) is 17.3. The lowest BCUT2D eigenvalue weighted by Gasteiger charge is -2.22. The summed E-state index contributed by atoms with van der Waals surface area (Å²) in [5.41, 5.74) is 2.18. The summed E-state index contributed by atoms with van der Waals surface area (Å²) in [5.74, 6) is 0.0989. The minimum absolute atomic E-state index is 0.0628. The number of para-hydroxylation sites is 1.